The van der Waals surface area contributed by atoms with Crippen LogP contribution in [-0.2, 0) is 4.84 Å². The molecule has 2 atom stereocenters. The summed E-state index contributed by atoms with van der Waals surface area (Å²) < 4.78 is 5.65. The molecule has 0 saturated heterocycles. The zero-order valence-electron chi connectivity index (χ0n) is 14.7. The Morgan fingerprint density at radius 2 is 1.48 bits per heavy atom. The van der Waals surface area contributed by atoms with Gasteiger partial charge in [0.2, 0.25) is 0 Å². The van der Waals surface area contributed by atoms with Crippen LogP contribution >= 0.6 is 0 Å². The first-order valence-corrected chi connectivity index (χ1v) is 8.70. The molecule has 4 nitrogen and oxygen atoms in total. The van der Waals surface area contributed by atoms with Crippen molar-refractivity contribution in [2.45, 2.75) is 12.0 Å². The van der Waals surface area contributed by atoms with Gasteiger partial charge >= 0.3 is 0 Å². The van der Waals surface area contributed by atoms with E-state index in [1.54, 1.807) is 12.3 Å². The van der Waals surface area contributed by atoms with E-state index in [4.69, 9.17) is 9.25 Å². The quantitative estimate of drug-likeness (QED) is 0.600. The minimum absolute atomic E-state index is 0.429. The number of hydrogen-bond acceptors (Lipinski definition) is 3. The minimum Gasteiger partial charge on any atom is -0.468 e. The lowest BCUT2D eigenvalue weighted by Crippen LogP contribution is -2.23. The fourth-order valence-corrected chi connectivity index (χ4v) is 3.40. The molecule has 4 heteroatoms. The van der Waals surface area contributed by atoms with Crippen LogP contribution < -0.4 is 0 Å². The van der Waals surface area contributed by atoms with Gasteiger partial charge in [-0.05, 0) is 28.8 Å². The van der Waals surface area contributed by atoms with E-state index in [1.807, 2.05) is 66.7 Å². The number of nitrogens with zero attached hydrogens (tertiary/aromatic N) is 1. The topological polar surface area (TPSA) is 48.4 Å². The Balaban J connectivity index is 1.76. The van der Waals surface area contributed by atoms with E-state index in [2.05, 4.69) is 13.2 Å². The monoisotopic (exact) mass is 357 g/mol. The number of rotatable bonds is 5. The smallest absolute Gasteiger partial charge is 0.264 e. The third-order valence-electron chi connectivity index (χ3n) is 4.77. The van der Waals surface area contributed by atoms with Crippen LogP contribution in [0.5, 0.6) is 0 Å². The molecule has 4 rings (SSSR count). The summed E-state index contributed by atoms with van der Waals surface area (Å²) in [5.41, 5.74) is 3.53. The van der Waals surface area contributed by atoms with Crippen molar-refractivity contribution in [3.63, 3.8) is 0 Å². The number of hydrogen-bond donors (Lipinski definition) is 0. The van der Waals surface area contributed by atoms with Crippen LogP contribution in [0.4, 0.5) is 0 Å². The van der Waals surface area contributed by atoms with Gasteiger partial charge in [0.25, 0.3) is 5.71 Å². The van der Waals surface area contributed by atoms with Crippen LogP contribution in [0.2, 0.25) is 0 Å². The van der Waals surface area contributed by atoms with E-state index in [0.717, 1.165) is 11.1 Å². The van der Waals surface area contributed by atoms with Gasteiger partial charge in [-0.25, -0.2) is 0 Å². The Bertz CT molecular complexity index is 989. The van der Waals surface area contributed by atoms with Crippen molar-refractivity contribution in [3.05, 3.63) is 114 Å². The summed E-state index contributed by atoms with van der Waals surface area (Å²) in [5, 5.41) is 12.8. The lowest BCUT2D eigenvalue weighted by atomic mass is 9.83. The van der Waals surface area contributed by atoms with E-state index in [1.165, 1.54) is 0 Å². The van der Waals surface area contributed by atoms with Crippen molar-refractivity contribution < 1.29 is 14.2 Å². The van der Waals surface area contributed by atoms with Crippen molar-refractivity contribution in [2.75, 3.05) is 0 Å². The standard InChI is InChI=1S/C23H19NO3/c1-16(18-10-5-3-6-11-18)22-21(20-14-9-15-26-20)23(27-24(22)25)17(2)19-12-7-4-8-13-19/h3-15,21,23H,1-2H2/t21-,23+/m1/s1. The van der Waals surface area contributed by atoms with Gasteiger partial charge in [-0.15, -0.1) is 0 Å². The number of benzene rings is 2. The van der Waals surface area contributed by atoms with Crippen molar-refractivity contribution in [1.29, 1.82) is 0 Å². The normalized spacial score (nSPS) is 19.0. The van der Waals surface area contributed by atoms with Crippen molar-refractivity contribution in [2.24, 2.45) is 0 Å². The molecule has 0 aliphatic carbocycles. The summed E-state index contributed by atoms with van der Waals surface area (Å²) in [6, 6.07) is 22.9. The molecule has 0 saturated carbocycles. The number of furan rings is 1. The molecule has 27 heavy (non-hydrogen) atoms. The fraction of sp³-hybridized carbons (Fsp3) is 0.0870. The highest BCUT2D eigenvalue weighted by Gasteiger charge is 2.45. The van der Waals surface area contributed by atoms with Crippen LogP contribution in [0, 0.1) is 5.21 Å². The zero-order chi connectivity index (χ0) is 18.8. The molecule has 0 spiro atoms. The Morgan fingerprint density at radius 1 is 0.852 bits per heavy atom. The van der Waals surface area contributed by atoms with Crippen LogP contribution in [0.3, 0.4) is 0 Å². The largest absolute Gasteiger partial charge is 0.468 e. The summed E-state index contributed by atoms with van der Waals surface area (Å²) in [5.74, 6) is 0.209. The van der Waals surface area contributed by atoms with E-state index in [-0.39, 0.29) is 0 Å². The highest BCUT2D eigenvalue weighted by molar-refractivity contribution is 6.24. The maximum Gasteiger partial charge on any atom is 0.264 e. The predicted octanol–water partition coefficient (Wildman–Crippen LogP) is 5.06. The van der Waals surface area contributed by atoms with E-state index < -0.39 is 12.0 Å². The van der Waals surface area contributed by atoms with E-state index >= 15 is 0 Å². The molecule has 1 aromatic heterocycles. The van der Waals surface area contributed by atoms with Gasteiger partial charge in [-0.2, -0.15) is 0 Å². The molecule has 2 heterocycles. The Labute approximate surface area is 157 Å². The minimum atomic E-state index is -0.577. The first-order chi connectivity index (χ1) is 13.2. The SMILES string of the molecule is C=C(C1=[N+]([O-])O[C@@H](C(=C)c2ccccc2)[C@@H]1c1ccco1)c1ccccc1. The molecule has 0 unspecified atom stereocenters. The summed E-state index contributed by atoms with van der Waals surface area (Å²) in [6.45, 7) is 8.35. The highest BCUT2D eigenvalue weighted by atomic mass is 16.9. The second-order valence-electron chi connectivity index (χ2n) is 6.40. The lowest BCUT2D eigenvalue weighted by Gasteiger charge is -2.20. The first-order valence-electron chi connectivity index (χ1n) is 8.70. The first kappa shape index (κ1) is 16.9. The molecule has 2 aromatic carbocycles. The maximum atomic E-state index is 12.8. The molecule has 3 aromatic rings. The predicted molar refractivity (Wildman–Crippen MR) is 106 cm³/mol. The van der Waals surface area contributed by atoms with Crippen LogP contribution in [0.1, 0.15) is 22.8 Å². The van der Waals surface area contributed by atoms with Crippen molar-refractivity contribution in [1.82, 2.24) is 0 Å². The number of allylic oxidation sites excluding steroid dienone is 1. The van der Waals surface area contributed by atoms with Crippen LogP contribution in [0.15, 0.2) is 96.6 Å². The zero-order valence-corrected chi connectivity index (χ0v) is 14.7. The summed E-state index contributed by atoms with van der Waals surface area (Å²) in [6.07, 6.45) is 1.01. The Hall–Kier alpha value is -3.53. The third kappa shape index (κ3) is 3.06. The fourth-order valence-electron chi connectivity index (χ4n) is 3.40. The van der Waals surface area contributed by atoms with Gasteiger partial charge in [-0.1, -0.05) is 73.8 Å². The van der Waals surface area contributed by atoms with E-state index in [0.29, 0.717) is 27.5 Å². The molecule has 0 N–H and O–H groups in total. The van der Waals surface area contributed by atoms with Crippen LogP contribution in [-0.4, -0.2) is 16.7 Å². The molecule has 0 radical (unpaired) electrons. The van der Waals surface area contributed by atoms with Gasteiger partial charge in [0.05, 0.1) is 6.26 Å². The molecule has 134 valence electrons. The molecule has 0 fully saturated rings. The van der Waals surface area contributed by atoms with Gasteiger partial charge < -0.3 is 9.25 Å². The Kier molecular flexibility index (Phi) is 4.38. The van der Waals surface area contributed by atoms with E-state index in [9.17, 15) is 5.21 Å². The van der Waals surface area contributed by atoms with Crippen LogP contribution in [0.25, 0.3) is 11.1 Å². The molecule has 1 aliphatic heterocycles. The molecule has 1 aliphatic rings. The summed E-state index contributed by atoms with van der Waals surface area (Å²) in [7, 11) is 0. The molecular formula is C23H19NO3. The molecular weight excluding hydrogens is 338 g/mol. The second kappa shape index (κ2) is 7.00. The summed E-state index contributed by atoms with van der Waals surface area (Å²) >= 11 is 0. The van der Waals surface area contributed by atoms with Gasteiger partial charge in [0.1, 0.15) is 17.8 Å². The third-order valence-corrected chi connectivity index (χ3v) is 4.77. The summed E-state index contributed by atoms with van der Waals surface area (Å²) in [4.78, 5) is 6.25. The maximum absolute atomic E-state index is 12.8. The van der Waals surface area contributed by atoms with Gasteiger partial charge in [-0.3, -0.25) is 5.21 Å². The highest BCUT2D eigenvalue weighted by Crippen LogP contribution is 2.39. The molecule has 0 amide bonds. The van der Waals surface area contributed by atoms with Gasteiger partial charge in [0, 0.05) is 10.5 Å². The van der Waals surface area contributed by atoms with Gasteiger partial charge in [0.15, 0.2) is 0 Å². The second-order valence-corrected chi connectivity index (χ2v) is 6.40. The van der Waals surface area contributed by atoms with Crippen molar-refractivity contribution in [3.8, 4) is 0 Å². The van der Waals surface area contributed by atoms with Crippen molar-refractivity contribution >= 4 is 16.9 Å². The Morgan fingerprint density at radius 3 is 2.07 bits per heavy atom. The molecule has 0 bridgehead atoms. The lowest BCUT2D eigenvalue weighted by molar-refractivity contribution is -0.736. The average Bonchev–Trinajstić information content (AvgIpc) is 3.36. The average molecular weight is 357 g/mol.